The van der Waals surface area contributed by atoms with Gasteiger partial charge in [-0.15, -0.1) is 5.10 Å². The van der Waals surface area contributed by atoms with E-state index in [0.29, 0.717) is 0 Å². The first-order chi connectivity index (χ1) is 8.66. The first-order valence-electron chi connectivity index (χ1n) is 5.69. The summed E-state index contributed by atoms with van der Waals surface area (Å²) in [6.45, 7) is 2.86. The second-order valence-electron chi connectivity index (χ2n) is 4.28. The highest BCUT2D eigenvalue weighted by molar-refractivity contribution is 5.84. The molecule has 0 amide bonds. The molecule has 0 atom stereocenters. The highest BCUT2D eigenvalue weighted by atomic mass is 16.4. The van der Waals surface area contributed by atoms with Gasteiger partial charge in [-0.25, -0.2) is 4.79 Å². The lowest BCUT2D eigenvalue weighted by Crippen LogP contribution is -2.28. The van der Waals surface area contributed by atoms with E-state index in [9.17, 15) is 4.79 Å². The van der Waals surface area contributed by atoms with Crippen LogP contribution < -0.4 is 5.01 Å². The second kappa shape index (κ2) is 3.83. The number of carboxylic acid groups (broad SMARTS) is 1. The number of hydrogen-bond acceptors (Lipinski definition) is 4. The molecule has 0 aliphatic carbocycles. The van der Waals surface area contributed by atoms with Crippen LogP contribution in [-0.4, -0.2) is 32.7 Å². The highest BCUT2D eigenvalue weighted by Crippen LogP contribution is 2.30. The van der Waals surface area contributed by atoms with Gasteiger partial charge in [-0.05, 0) is 35.8 Å². The number of benzene rings is 1. The molecule has 0 bridgehead atoms. The third-order valence-electron chi connectivity index (χ3n) is 3.19. The molecule has 6 nitrogen and oxygen atoms in total. The Hall–Kier alpha value is -2.37. The molecule has 0 radical (unpaired) electrons. The van der Waals surface area contributed by atoms with E-state index in [4.69, 9.17) is 5.11 Å². The normalized spacial score (nSPS) is 13.7. The van der Waals surface area contributed by atoms with Gasteiger partial charge in [0.15, 0.2) is 5.69 Å². The molecule has 0 saturated heterocycles. The van der Waals surface area contributed by atoms with Crippen molar-refractivity contribution in [3.63, 3.8) is 0 Å². The lowest BCUT2D eigenvalue weighted by Gasteiger charge is -2.18. The molecule has 1 aromatic heterocycles. The third kappa shape index (κ3) is 1.54. The summed E-state index contributed by atoms with van der Waals surface area (Å²) >= 11 is 0. The van der Waals surface area contributed by atoms with Gasteiger partial charge in [0.1, 0.15) is 0 Å². The van der Waals surface area contributed by atoms with Gasteiger partial charge in [0.25, 0.3) is 0 Å². The Morgan fingerprint density at radius 2 is 2.28 bits per heavy atom. The van der Waals surface area contributed by atoms with E-state index in [0.717, 1.165) is 18.7 Å². The minimum atomic E-state index is -1.06. The minimum absolute atomic E-state index is 0.0453. The second-order valence-corrected chi connectivity index (χ2v) is 4.28. The number of anilines is 1. The van der Waals surface area contributed by atoms with Crippen molar-refractivity contribution in [2.45, 2.75) is 13.3 Å². The molecule has 2 aromatic rings. The summed E-state index contributed by atoms with van der Waals surface area (Å²) in [5.74, 6) is -1.06. The van der Waals surface area contributed by atoms with Crippen molar-refractivity contribution in [1.29, 1.82) is 0 Å². The van der Waals surface area contributed by atoms with Crippen LogP contribution in [0, 0.1) is 6.92 Å². The Bertz CT molecular complexity index is 620. The predicted molar refractivity (Wildman–Crippen MR) is 64.6 cm³/mol. The van der Waals surface area contributed by atoms with E-state index in [1.165, 1.54) is 22.1 Å². The van der Waals surface area contributed by atoms with Crippen molar-refractivity contribution in [2.24, 2.45) is 0 Å². The van der Waals surface area contributed by atoms with Crippen molar-refractivity contribution < 1.29 is 9.90 Å². The quantitative estimate of drug-likeness (QED) is 0.856. The molecule has 18 heavy (non-hydrogen) atoms. The van der Waals surface area contributed by atoms with Crippen LogP contribution in [0.1, 0.15) is 21.6 Å². The van der Waals surface area contributed by atoms with Crippen LogP contribution in [0.15, 0.2) is 24.4 Å². The molecule has 92 valence electrons. The molecule has 0 saturated carbocycles. The van der Waals surface area contributed by atoms with Crippen molar-refractivity contribution in [1.82, 2.24) is 15.1 Å². The van der Waals surface area contributed by atoms with Gasteiger partial charge in [-0.3, -0.25) is 5.01 Å². The first-order valence-corrected chi connectivity index (χ1v) is 5.69. The van der Waals surface area contributed by atoms with E-state index in [1.807, 2.05) is 17.1 Å². The van der Waals surface area contributed by atoms with E-state index < -0.39 is 5.97 Å². The summed E-state index contributed by atoms with van der Waals surface area (Å²) in [7, 11) is 0. The van der Waals surface area contributed by atoms with Crippen molar-refractivity contribution >= 4 is 11.7 Å². The molecule has 0 spiro atoms. The van der Waals surface area contributed by atoms with Crippen LogP contribution in [0.25, 0.3) is 0 Å². The standard InChI is InChI=1S/C12H12N4O2/c1-8-3-2-4-11-9(8)5-6-15(11)16-7-10(12(17)18)13-14-16/h2-4,7H,5-6H2,1H3,(H,17,18). The Morgan fingerprint density at radius 3 is 3.00 bits per heavy atom. The third-order valence-corrected chi connectivity index (χ3v) is 3.19. The largest absolute Gasteiger partial charge is 0.476 e. The molecule has 0 fully saturated rings. The fraction of sp³-hybridized carbons (Fsp3) is 0.250. The summed E-state index contributed by atoms with van der Waals surface area (Å²) < 4.78 is 0. The smallest absolute Gasteiger partial charge is 0.358 e. The maximum absolute atomic E-state index is 10.8. The Labute approximate surface area is 103 Å². The van der Waals surface area contributed by atoms with E-state index in [2.05, 4.69) is 23.3 Å². The Kier molecular flexibility index (Phi) is 2.29. The van der Waals surface area contributed by atoms with Crippen LogP contribution in [-0.2, 0) is 6.42 Å². The monoisotopic (exact) mass is 244 g/mol. The number of nitrogens with zero attached hydrogens (tertiary/aromatic N) is 4. The van der Waals surface area contributed by atoms with E-state index in [1.54, 1.807) is 0 Å². The van der Waals surface area contributed by atoms with Gasteiger partial charge in [-0.2, -0.15) is 4.79 Å². The number of aromatic nitrogens is 3. The van der Waals surface area contributed by atoms with Gasteiger partial charge in [0.2, 0.25) is 0 Å². The van der Waals surface area contributed by atoms with Crippen molar-refractivity contribution in [3.8, 4) is 0 Å². The molecule has 0 unspecified atom stereocenters. The molecule has 1 aliphatic heterocycles. The average Bonchev–Trinajstić information content (AvgIpc) is 2.94. The van der Waals surface area contributed by atoms with Crippen LogP contribution in [0.5, 0.6) is 0 Å². The Balaban J connectivity index is 2.01. The van der Waals surface area contributed by atoms with Crippen LogP contribution in [0.3, 0.4) is 0 Å². The molecule has 1 N–H and O–H groups in total. The number of hydrogen-bond donors (Lipinski definition) is 1. The van der Waals surface area contributed by atoms with Gasteiger partial charge < -0.3 is 5.11 Å². The molecule has 6 heteroatoms. The van der Waals surface area contributed by atoms with Gasteiger partial charge in [-0.1, -0.05) is 12.1 Å². The number of carbonyl (C=O) groups is 1. The first kappa shape index (κ1) is 10.8. The number of aryl methyl sites for hydroxylation is 1. The van der Waals surface area contributed by atoms with Crippen LogP contribution in [0.4, 0.5) is 5.69 Å². The lowest BCUT2D eigenvalue weighted by molar-refractivity contribution is 0.0690. The highest BCUT2D eigenvalue weighted by Gasteiger charge is 2.23. The molecular formula is C12H12N4O2. The zero-order chi connectivity index (χ0) is 12.7. The van der Waals surface area contributed by atoms with E-state index >= 15 is 0 Å². The number of rotatable bonds is 2. The lowest BCUT2D eigenvalue weighted by atomic mass is 10.1. The minimum Gasteiger partial charge on any atom is -0.476 e. The fourth-order valence-corrected chi connectivity index (χ4v) is 2.28. The van der Waals surface area contributed by atoms with E-state index in [-0.39, 0.29) is 5.69 Å². The van der Waals surface area contributed by atoms with Crippen LogP contribution >= 0.6 is 0 Å². The van der Waals surface area contributed by atoms with Gasteiger partial charge in [0.05, 0.1) is 11.9 Å². The number of aromatic carboxylic acids is 1. The summed E-state index contributed by atoms with van der Waals surface area (Å²) in [6.07, 6.45) is 2.37. The number of carboxylic acids is 1. The maximum atomic E-state index is 10.8. The Morgan fingerprint density at radius 1 is 1.44 bits per heavy atom. The molecular weight excluding hydrogens is 232 g/mol. The molecule has 1 aromatic carbocycles. The zero-order valence-corrected chi connectivity index (χ0v) is 9.87. The van der Waals surface area contributed by atoms with Gasteiger partial charge >= 0.3 is 5.97 Å². The molecule has 2 heterocycles. The fourth-order valence-electron chi connectivity index (χ4n) is 2.28. The summed E-state index contributed by atoms with van der Waals surface area (Å²) in [5.41, 5.74) is 3.55. The topological polar surface area (TPSA) is 71.2 Å². The predicted octanol–water partition coefficient (Wildman–Crippen LogP) is 1.11. The summed E-state index contributed by atoms with van der Waals surface area (Å²) in [4.78, 5) is 12.3. The number of fused-ring (bicyclic) bond motifs is 1. The average molecular weight is 244 g/mol. The molecule has 1 aliphatic rings. The van der Waals surface area contributed by atoms with Gasteiger partial charge in [0, 0.05) is 6.54 Å². The summed E-state index contributed by atoms with van der Waals surface area (Å²) in [6, 6.07) is 6.07. The van der Waals surface area contributed by atoms with Crippen molar-refractivity contribution in [3.05, 3.63) is 41.2 Å². The molecule has 3 rings (SSSR count). The maximum Gasteiger partial charge on any atom is 0.358 e. The van der Waals surface area contributed by atoms with Crippen molar-refractivity contribution in [2.75, 3.05) is 11.6 Å². The van der Waals surface area contributed by atoms with Crippen LogP contribution in [0.2, 0.25) is 0 Å². The zero-order valence-electron chi connectivity index (χ0n) is 9.87. The SMILES string of the molecule is Cc1cccc2c1CCN2n1cc(C(=O)O)nn1. The summed E-state index contributed by atoms with van der Waals surface area (Å²) in [5, 5.41) is 18.3.